The van der Waals surface area contributed by atoms with E-state index in [0.29, 0.717) is 0 Å². The zero-order valence-electron chi connectivity index (χ0n) is 9.99. The molecule has 10 heteroatoms. The molecule has 0 amide bonds. The molecule has 107 valence electrons. The minimum Gasteiger partial charge on any atom is -0.494 e. The molecule has 0 atom stereocenters. The summed E-state index contributed by atoms with van der Waals surface area (Å²) in [5.41, 5.74) is 0.198. The summed E-state index contributed by atoms with van der Waals surface area (Å²) in [5.74, 6) is -0.459. The van der Waals surface area contributed by atoms with Gasteiger partial charge in [-0.3, -0.25) is 0 Å². The third-order valence-electron chi connectivity index (χ3n) is 2.29. The van der Waals surface area contributed by atoms with E-state index in [-0.39, 0.29) is 12.0 Å². The fourth-order valence-corrected chi connectivity index (χ4v) is 3.12. The Balaban J connectivity index is 3.77. The Morgan fingerprint density at radius 1 is 1.05 bits per heavy atom. The molecule has 1 aromatic carbocycles. The van der Waals surface area contributed by atoms with Crippen LogP contribution in [0.1, 0.15) is 5.56 Å². The molecule has 0 saturated heterocycles. The van der Waals surface area contributed by atoms with Gasteiger partial charge in [0.25, 0.3) is 0 Å². The van der Waals surface area contributed by atoms with E-state index in [9.17, 15) is 21.9 Å². The number of benzene rings is 1. The molecule has 1 rings (SSSR count). The number of primary sulfonamides is 2. The first-order valence-electron chi connectivity index (χ1n) is 4.96. The fraction of sp³-hybridized carbons (Fsp3) is 0.333. The SMILES string of the molecule is COc1c(S(N)(=O)=O)cc(CC[O])cc1S(N)(=O)=O. The van der Waals surface area contributed by atoms with Crippen LogP contribution in [0.4, 0.5) is 0 Å². The molecule has 4 N–H and O–H groups in total. The summed E-state index contributed by atoms with van der Waals surface area (Å²) in [6, 6.07) is 2.20. The van der Waals surface area contributed by atoms with Gasteiger partial charge in [-0.25, -0.2) is 32.2 Å². The Morgan fingerprint density at radius 2 is 1.47 bits per heavy atom. The molecule has 0 aromatic heterocycles. The molecule has 0 spiro atoms. The smallest absolute Gasteiger partial charge is 0.241 e. The summed E-state index contributed by atoms with van der Waals surface area (Å²) in [6.45, 7) is -0.541. The number of ether oxygens (including phenoxy) is 1. The molecule has 0 aliphatic carbocycles. The van der Waals surface area contributed by atoms with Crippen LogP contribution in [-0.2, 0) is 31.6 Å². The molecule has 19 heavy (non-hydrogen) atoms. The third-order valence-corrected chi connectivity index (χ3v) is 4.12. The van der Waals surface area contributed by atoms with E-state index in [0.717, 1.165) is 19.2 Å². The lowest BCUT2D eigenvalue weighted by molar-refractivity contribution is 0.197. The molecule has 0 saturated carbocycles. The second-order valence-electron chi connectivity index (χ2n) is 3.67. The molecule has 1 radical (unpaired) electrons. The van der Waals surface area contributed by atoms with Crippen LogP contribution in [0.25, 0.3) is 0 Å². The molecule has 0 aliphatic rings. The van der Waals surface area contributed by atoms with E-state index in [1.165, 1.54) is 0 Å². The Morgan fingerprint density at radius 3 is 1.74 bits per heavy atom. The maximum atomic E-state index is 11.4. The normalized spacial score (nSPS) is 12.4. The second-order valence-corrected chi connectivity index (χ2v) is 6.73. The Labute approximate surface area is 111 Å². The number of rotatable bonds is 5. The monoisotopic (exact) mass is 309 g/mol. The van der Waals surface area contributed by atoms with Crippen molar-refractivity contribution in [3.05, 3.63) is 17.7 Å². The predicted molar refractivity (Wildman–Crippen MR) is 65.0 cm³/mol. The van der Waals surface area contributed by atoms with Crippen LogP contribution in [0.5, 0.6) is 5.75 Å². The first-order chi connectivity index (χ1) is 8.61. The van der Waals surface area contributed by atoms with Crippen LogP contribution in [0.2, 0.25) is 0 Å². The van der Waals surface area contributed by atoms with E-state index in [2.05, 4.69) is 0 Å². The lowest BCUT2D eigenvalue weighted by Gasteiger charge is -2.13. The lowest BCUT2D eigenvalue weighted by atomic mass is 10.1. The van der Waals surface area contributed by atoms with Gasteiger partial charge in [-0.15, -0.1) is 0 Å². The van der Waals surface area contributed by atoms with Gasteiger partial charge in [0.2, 0.25) is 20.0 Å². The van der Waals surface area contributed by atoms with E-state index < -0.39 is 42.2 Å². The van der Waals surface area contributed by atoms with Gasteiger partial charge >= 0.3 is 0 Å². The van der Waals surface area contributed by atoms with Gasteiger partial charge in [0.15, 0.2) is 5.75 Å². The molecule has 8 nitrogen and oxygen atoms in total. The first-order valence-corrected chi connectivity index (χ1v) is 8.05. The average molecular weight is 309 g/mol. The Bertz CT molecular complexity index is 628. The van der Waals surface area contributed by atoms with Crippen LogP contribution in [0.3, 0.4) is 0 Å². The predicted octanol–water partition coefficient (Wildman–Crippen LogP) is -1.04. The van der Waals surface area contributed by atoms with Crippen LogP contribution in [0.15, 0.2) is 21.9 Å². The zero-order valence-corrected chi connectivity index (χ0v) is 11.6. The van der Waals surface area contributed by atoms with Crippen molar-refractivity contribution < 1.29 is 26.7 Å². The Hall–Kier alpha value is -1.20. The van der Waals surface area contributed by atoms with Crippen LogP contribution in [0, 0.1) is 0 Å². The highest BCUT2D eigenvalue weighted by Crippen LogP contribution is 2.31. The van der Waals surface area contributed by atoms with Crippen molar-refractivity contribution in [3.63, 3.8) is 0 Å². The minimum atomic E-state index is -4.22. The van der Waals surface area contributed by atoms with E-state index in [1.54, 1.807) is 0 Å². The van der Waals surface area contributed by atoms with E-state index >= 15 is 0 Å². The van der Waals surface area contributed by atoms with Gasteiger partial charge < -0.3 is 4.74 Å². The lowest BCUT2D eigenvalue weighted by Crippen LogP contribution is -2.19. The van der Waals surface area contributed by atoms with Crippen molar-refractivity contribution in [2.75, 3.05) is 13.7 Å². The molecular weight excluding hydrogens is 296 g/mol. The first kappa shape index (κ1) is 15.9. The van der Waals surface area contributed by atoms with Crippen LogP contribution in [-0.4, -0.2) is 30.6 Å². The number of hydrogen-bond acceptors (Lipinski definition) is 5. The van der Waals surface area contributed by atoms with Gasteiger partial charge in [-0.05, 0) is 24.1 Å². The molecule has 0 heterocycles. The van der Waals surface area contributed by atoms with Gasteiger partial charge in [-0.2, -0.15) is 0 Å². The number of methoxy groups -OCH3 is 1. The molecule has 0 aliphatic heterocycles. The van der Waals surface area contributed by atoms with Gasteiger partial charge in [-0.1, -0.05) is 0 Å². The summed E-state index contributed by atoms with van der Waals surface area (Å²) in [5, 5.41) is 20.6. The summed E-state index contributed by atoms with van der Waals surface area (Å²) in [4.78, 5) is -1.05. The molecule has 1 aromatic rings. The summed E-state index contributed by atoms with van der Waals surface area (Å²) in [6.07, 6.45) is -0.0605. The molecule has 0 fully saturated rings. The maximum Gasteiger partial charge on any atom is 0.241 e. The molecule has 0 bridgehead atoms. The van der Waals surface area contributed by atoms with E-state index in [1.807, 2.05) is 0 Å². The second kappa shape index (κ2) is 5.43. The highest BCUT2D eigenvalue weighted by atomic mass is 32.2. The highest BCUT2D eigenvalue weighted by Gasteiger charge is 2.25. The molecule has 0 unspecified atom stereocenters. The van der Waals surface area contributed by atoms with Crippen molar-refractivity contribution in [2.45, 2.75) is 16.2 Å². The van der Waals surface area contributed by atoms with Crippen molar-refractivity contribution in [3.8, 4) is 5.75 Å². The zero-order chi connectivity index (χ0) is 14.8. The van der Waals surface area contributed by atoms with Gasteiger partial charge in [0, 0.05) is 0 Å². The summed E-state index contributed by atoms with van der Waals surface area (Å²) < 4.78 is 50.5. The summed E-state index contributed by atoms with van der Waals surface area (Å²) >= 11 is 0. The molecular formula is C9H13N2O6S2. The van der Waals surface area contributed by atoms with Gasteiger partial charge in [0.1, 0.15) is 9.79 Å². The fourth-order valence-electron chi connectivity index (χ4n) is 1.52. The van der Waals surface area contributed by atoms with Gasteiger partial charge in [0.05, 0.1) is 13.7 Å². The van der Waals surface area contributed by atoms with Crippen molar-refractivity contribution in [2.24, 2.45) is 10.3 Å². The van der Waals surface area contributed by atoms with Crippen molar-refractivity contribution in [1.82, 2.24) is 0 Å². The summed E-state index contributed by atoms with van der Waals surface area (Å²) in [7, 11) is -7.34. The standard InChI is InChI=1S/C9H13N2O6S2/c1-17-9-7(18(10,13)14)4-6(2-3-12)5-8(9)19(11,15)16/h4-5H,2-3H2,1H3,(H2,10,13,14)(H2,11,15,16). The minimum absolute atomic E-state index is 0.0605. The average Bonchev–Trinajstić information content (AvgIpc) is 2.26. The van der Waals surface area contributed by atoms with Crippen LogP contribution >= 0.6 is 0 Å². The quantitative estimate of drug-likeness (QED) is 0.712. The number of hydrogen-bond donors (Lipinski definition) is 2. The van der Waals surface area contributed by atoms with E-state index in [4.69, 9.17) is 15.0 Å². The van der Waals surface area contributed by atoms with Crippen LogP contribution < -0.4 is 15.0 Å². The topological polar surface area (TPSA) is 149 Å². The Kier molecular flexibility index (Phi) is 4.53. The maximum absolute atomic E-state index is 11.4. The largest absolute Gasteiger partial charge is 0.494 e. The third kappa shape index (κ3) is 3.64. The van der Waals surface area contributed by atoms with Crippen molar-refractivity contribution >= 4 is 20.0 Å². The number of sulfonamides is 2. The van der Waals surface area contributed by atoms with Crippen molar-refractivity contribution in [1.29, 1.82) is 0 Å². The number of nitrogens with two attached hydrogens (primary N) is 2. The highest BCUT2D eigenvalue weighted by molar-refractivity contribution is 7.90.